The summed E-state index contributed by atoms with van der Waals surface area (Å²) < 4.78 is 40.5. The van der Waals surface area contributed by atoms with Crippen LogP contribution in [-0.4, -0.2) is 63.4 Å². The third kappa shape index (κ3) is 4.24. The van der Waals surface area contributed by atoms with Gasteiger partial charge in [-0.3, -0.25) is 0 Å². The van der Waals surface area contributed by atoms with Crippen molar-refractivity contribution in [1.82, 2.24) is 14.5 Å². The molecule has 2 amide bonds. The van der Waals surface area contributed by atoms with Gasteiger partial charge in [-0.25, -0.2) is 21.9 Å². The number of nitrogens with zero attached hydrogens (tertiary/aromatic N) is 3. The second-order valence-electron chi connectivity index (χ2n) is 8.19. The minimum absolute atomic E-state index is 0.0612. The molecule has 1 fully saturated rings. The molecule has 2 aliphatic rings. The number of para-hydroxylation sites is 1. The van der Waals surface area contributed by atoms with Crippen LogP contribution < -0.4 is 10.2 Å². The molecule has 0 spiro atoms. The number of fused-ring (bicyclic) bond motifs is 1. The number of urea groups is 1. The van der Waals surface area contributed by atoms with Crippen molar-refractivity contribution in [2.45, 2.75) is 30.3 Å². The Labute approximate surface area is 182 Å². The number of carbonyl (C=O) groups excluding carboxylic acids is 1. The fourth-order valence-corrected chi connectivity index (χ4v) is 5.45. The lowest BCUT2D eigenvalue weighted by atomic mass is 10.00. The standard InChI is InChI=1S/C22H27FN4O3S/c1-25(2)31(29,30)21-9-5-6-16-14-27(13-11-18(16)21)22(28)24-17-10-12-26(15-17)20-8-4-3-7-19(20)23/h3-9,17H,10-15H2,1-2H3,(H,24,28). The van der Waals surface area contributed by atoms with Crippen LogP contribution in [-0.2, 0) is 23.0 Å². The summed E-state index contributed by atoms with van der Waals surface area (Å²) in [6, 6.07) is 11.6. The van der Waals surface area contributed by atoms with Gasteiger partial charge >= 0.3 is 6.03 Å². The van der Waals surface area contributed by atoms with Crippen LogP contribution in [0.5, 0.6) is 0 Å². The molecule has 1 N–H and O–H groups in total. The van der Waals surface area contributed by atoms with Crippen LogP contribution in [0.2, 0.25) is 0 Å². The quantitative estimate of drug-likeness (QED) is 0.783. The maximum atomic E-state index is 14.0. The van der Waals surface area contributed by atoms with Crippen LogP contribution in [0, 0.1) is 5.82 Å². The van der Waals surface area contributed by atoms with Crippen molar-refractivity contribution in [2.75, 3.05) is 38.6 Å². The predicted octanol–water partition coefficient (Wildman–Crippen LogP) is 2.42. The Bertz CT molecular complexity index is 1090. The zero-order chi connectivity index (χ0) is 22.2. The number of benzene rings is 2. The Kier molecular flexibility index (Phi) is 5.90. The number of anilines is 1. The Balaban J connectivity index is 1.42. The highest BCUT2D eigenvalue weighted by atomic mass is 32.2. The summed E-state index contributed by atoms with van der Waals surface area (Å²) in [5, 5.41) is 3.06. The van der Waals surface area contributed by atoms with Crippen LogP contribution in [0.15, 0.2) is 47.4 Å². The Morgan fingerprint density at radius 1 is 1.13 bits per heavy atom. The monoisotopic (exact) mass is 446 g/mol. The molecule has 2 aliphatic heterocycles. The first-order valence-corrected chi connectivity index (χ1v) is 11.8. The van der Waals surface area contributed by atoms with Crippen molar-refractivity contribution < 1.29 is 17.6 Å². The van der Waals surface area contributed by atoms with E-state index in [1.807, 2.05) is 11.0 Å². The van der Waals surface area contributed by atoms with Crippen molar-refractivity contribution >= 4 is 21.7 Å². The number of sulfonamides is 1. The normalized spacial score (nSPS) is 18.9. The van der Waals surface area contributed by atoms with Crippen molar-refractivity contribution in [3.8, 4) is 0 Å². The summed E-state index contributed by atoms with van der Waals surface area (Å²) in [6.07, 6.45) is 1.23. The van der Waals surface area contributed by atoms with Gasteiger partial charge in [-0.15, -0.1) is 0 Å². The molecular formula is C22H27FN4O3S. The fraction of sp³-hybridized carbons (Fsp3) is 0.409. The molecule has 2 heterocycles. The average molecular weight is 447 g/mol. The number of rotatable bonds is 4. The van der Waals surface area contributed by atoms with Gasteiger partial charge in [-0.1, -0.05) is 24.3 Å². The number of hydrogen-bond acceptors (Lipinski definition) is 4. The molecule has 166 valence electrons. The van der Waals surface area contributed by atoms with E-state index < -0.39 is 10.0 Å². The maximum Gasteiger partial charge on any atom is 0.317 e. The molecule has 9 heteroatoms. The second-order valence-corrected chi connectivity index (χ2v) is 10.3. The number of halogens is 1. The van der Waals surface area contributed by atoms with Crippen LogP contribution in [0.25, 0.3) is 0 Å². The lowest BCUT2D eigenvalue weighted by Gasteiger charge is -2.31. The first-order chi connectivity index (χ1) is 14.8. The average Bonchev–Trinajstić information content (AvgIpc) is 3.21. The van der Waals surface area contributed by atoms with Crippen molar-refractivity contribution in [3.05, 3.63) is 59.4 Å². The molecule has 0 saturated carbocycles. The van der Waals surface area contributed by atoms with Crippen LogP contribution in [0.3, 0.4) is 0 Å². The van der Waals surface area contributed by atoms with E-state index in [2.05, 4.69) is 5.32 Å². The minimum Gasteiger partial charge on any atom is -0.367 e. The zero-order valence-electron chi connectivity index (χ0n) is 17.7. The van der Waals surface area contributed by atoms with Gasteiger partial charge in [-0.2, -0.15) is 0 Å². The number of hydrogen-bond donors (Lipinski definition) is 1. The van der Waals surface area contributed by atoms with E-state index in [-0.39, 0.29) is 17.9 Å². The first kappa shape index (κ1) is 21.6. The van der Waals surface area contributed by atoms with E-state index >= 15 is 0 Å². The van der Waals surface area contributed by atoms with Crippen molar-refractivity contribution in [2.24, 2.45) is 0 Å². The van der Waals surface area contributed by atoms with E-state index in [0.717, 1.165) is 17.5 Å². The number of amides is 2. The third-order valence-corrected chi connectivity index (χ3v) is 7.88. The van der Waals surface area contributed by atoms with Crippen LogP contribution >= 0.6 is 0 Å². The van der Waals surface area contributed by atoms with E-state index in [0.29, 0.717) is 43.2 Å². The maximum absolute atomic E-state index is 14.0. The number of nitrogens with one attached hydrogen (secondary N) is 1. The van der Waals surface area contributed by atoms with E-state index in [9.17, 15) is 17.6 Å². The smallest absolute Gasteiger partial charge is 0.317 e. The lowest BCUT2D eigenvalue weighted by molar-refractivity contribution is 0.189. The molecule has 2 aromatic rings. The Morgan fingerprint density at radius 3 is 2.65 bits per heavy atom. The number of carbonyl (C=O) groups is 1. The zero-order valence-corrected chi connectivity index (χ0v) is 18.5. The summed E-state index contributed by atoms with van der Waals surface area (Å²) in [5.74, 6) is -0.259. The lowest BCUT2D eigenvalue weighted by Crippen LogP contribution is -2.47. The topological polar surface area (TPSA) is 73.0 Å². The van der Waals surface area contributed by atoms with Gasteiger partial charge in [0.15, 0.2) is 0 Å². The summed E-state index contributed by atoms with van der Waals surface area (Å²) in [7, 11) is -0.498. The fourth-order valence-electron chi connectivity index (χ4n) is 4.26. The highest BCUT2D eigenvalue weighted by Gasteiger charge is 2.30. The van der Waals surface area contributed by atoms with Crippen molar-refractivity contribution in [1.29, 1.82) is 0 Å². The van der Waals surface area contributed by atoms with Gasteiger partial charge < -0.3 is 15.1 Å². The molecule has 4 rings (SSSR count). The van der Waals surface area contributed by atoms with Crippen molar-refractivity contribution in [3.63, 3.8) is 0 Å². The second kappa shape index (κ2) is 8.47. The molecule has 2 aromatic carbocycles. The molecule has 7 nitrogen and oxygen atoms in total. The molecule has 0 bridgehead atoms. The molecule has 0 radical (unpaired) electrons. The predicted molar refractivity (Wildman–Crippen MR) is 117 cm³/mol. The highest BCUT2D eigenvalue weighted by Crippen LogP contribution is 2.28. The molecule has 1 atom stereocenters. The van der Waals surface area contributed by atoms with Crippen LogP contribution in [0.4, 0.5) is 14.9 Å². The SMILES string of the molecule is CN(C)S(=O)(=O)c1cccc2c1CCN(C(=O)NC1CCN(c3ccccc3F)C1)C2. The molecule has 0 aliphatic carbocycles. The van der Waals surface area contributed by atoms with Gasteiger partial charge in [0, 0.05) is 46.3 Å². The highest BCUT2D eigenvalue weighted by molar-refractivity contribution is 7.89. The molecule has 1 unspecified atom stereocenters. The van der Waals surface area contributed by atoms with Gasteiger partial charge in [0.25, 0.3) is 0 Å². The Hall–Kier alpha value is -2.65. The van der Waals surface area contributed by atoms with Gasteiger partial charge in [-0.05, 0) is 42.2 Å². The summed E-state index contributed by atoms with van der Waals surface area (Å²) in [6.45, 7) is 2.05. The molecule has 31 heavy (non-hydrogen) atoms. The first-order valence-electron chi connectivity index (χ1n) is 10.4. The molecular weight excluding hydrogens is 419 g/mol. The summed E-state index contributed by atoms with van der Waals surface area (Å²) in [5.41, 5.74) is 2.19. The van der Waals surface area contributed by atoms with Gasteiger partial charge in [0.1, 0.15) is 5.82 Å². The van der Waals surface area contributed by atoms with Crippen LogP contribution in [0.1, 0.15) is 17.5 Å². The largest absolute Gasteiger partial charge is 0.367 e. The summed E-state index contributed by atoms with van der Waals surface area (Å²) in [4.78, 5) is 16.8. The Morgan fingerprint density at radius 2 is 1.90 bits per heavy atom. The van der Waals surface area contributed by atoms with E-state index in [1.54, 1.807) is 35.2 Å². The van der Waals surface area contributed by atoms with E-state index in [4.69, 9.17) is 0 Å². The molecule has 0 aromatic heterocycles. The van der Waals surface area contributed by atoms with Gasteiger partial charge in [0.05, 0.1) is 10.6 Å². The summed E-state index contributed by atoms with van der Waals surface area (Å²) >= 11 is 0. The van der Waals surface area contributed by atoms with Gasteiger partial charge in [0.2, 0.25) is 10.0 Å². The third-order valence-electron chi connectivity index (χ3n) is 5.98. The molecule has 1 saturated heterocycles. The minimum atomic E-state index is -3.53. The van der Waals surface area contributed by atoms with E-state index in [1.165, 1.54) is 24.5 Å².